The highest BCUT2D eigenvalue weighted by Crippen LogP contribution is 2.13. The Morgan fingerprint density at radius 2 is 1.78 bits per heavy atom. The molecule has 2 rings (SSSR count). The first-order chi connectivity index (χ1) is 11.1. The van der Waals surface area contributed by atoms with E-state index in [0.717, 1.165) is 5.56 Å². The molecule has 1 amide bonds. The van der Waals surface area contributed by atoms with E-state index in [1.54, 1.807) is 48.5 Å². The molecule has 0 saturated carbocycles. The van der Waals surface area contributed by atoms with E-state index >= 15 is 0 Å². The van der Waals surface area contributed by atoms with Crippen LogP contribution in [0.25, 0.3) is 0 Å². The van der Waals surface area contributed by atoms with Crippen molar-refractivity contribution in [3.8, 4) is 5.75 Å². The molecule has 2 N–H and O–H groups in total. The minimum Gasteiger partial charge on any atom is -0.479 e. The van der Waals surface area contributed by atoms with Gasteiger partial charge in [0.1, 0.15) is 5.75 Å². The molecule has 0 aliphatic rings. The molecule has 0 bridgehead atoms. The zero-order chi connectivity index (χ0) is 16.7. The second-order valence-electron chi connectivity index (χ2n) is 4.73. The van der Waals surface area contributed by atoms with Gasteiger partial charge in [0.05, 0.1) is 6.21 Å². The average molecular weight is 312 g/mol. The maximum Gasteiger partial charge on any atom is 0.344 e. The van der Waals surface area contributed by atoms with E-state index in [1.807, 2.05) is 6.07 Å². The number of ether oxygens (including phenoxy) is 1. The molecule has 2 aromatic carbocycles. The van der Waals surface area contributed by atoms with Crippen LogP contribution in [0.4, 0.5) is 0 Å². The van der Waals surface area contributed by atoms with Crippen LogP contribution < -0.4 is 10.2 Å². The summed E-state index contributed by atoms with van der Waals surface area (Å²) < 4.78 is 5.22. The molecular formula is C17H16N2O4. The largest absolute Gasteiger partial charge is 0.479 e. The van der Waals surface area contributed by atoms with Crippen LogP contribution in [0, 0.1) is 0 Å². The number of nitrogens with one attached hydrogen (secondary N) is 1. The second-order valence-corrected chi connectivity index (χ2v) is 4.73. The first kappa shape index (κ1) is 16.2. The Bertz CT molecular complexity index is 696. The van der Waals surface area contributed by atoms with Gasteiger partial charge < -0.3 is 9.84 Å². The summed E-state index contributed by atoms with van der Waals surface area (Å²) in [6.45, 7) is 1.46. The predicted octanol–water partition coefficient (Wildman–Crippen LogP) is 2.30. The number of nitrogens with zero attached hydrogens (tertiary/aromatic N) is 1. The summed E-state index contributed by atoms with van der Waals surface area (Å²) in [6.07, 6.45) is 0.574. The molecule has 0 spiro atoms. The van der Waals surface area contributed by atoms with E-state index in [1.165, 1.54) is 13.1 Å². The average Bonchev–Trinajstić information content (AvgIpc) is 2.57. The fourth-order valence-corrected chi connectivity index (χ4v) is 1.71. The van der Waals surface area contributed by atoms with E-state index in [4.69, 9.17) is 9.84 Å². The lowest BCUT2D eigenvalue weighted by molar-refractivity contribution is -0.144. The minimum atomic E-state index is -1.03. The Kier molecular flexibility index (Phi) is 5.46. The van der Waals surface area contributed by atoms with Crippen molar-refractivity contribution in [1.29, 1.82) is 0 Å². The number of carboxylic acids is 1. The van der Waals surface area contributed by atoms with E-state index in [9.17, 15) is 9.59 Å². The number of benzene rings is 2. The quantitative estimate of drug-likeness (QED) is 0.633. The number of carboxylic acid groups (broad SMARTS) is 1. The number of carbonyl (C=O) groups excluding carboxylic acids is 1. The van der Waals surface area contributed by atoms with Crippen molar-refractivity contribution >= 4 is 18.1 Å². The van der Waals surface area contributed by atoms with Gasteiger partial charge in [-0.3, -0.25) is 4.79 Å². The second kappa shape index (κ2) is 7.74. The molecule has 0 unspecified atom stereocenters. The standard InChI is InChI=1S/C17H16N2O4/c1-12(17(21)22)23-15-9-7-13(8-10-15)11-18-19-16(20)14-5-3-2-4-6-14/h2-12H,1H3,(H,19,20)(H,21,22)/b18-11-/t12-/m1/s1. The summed E-state index contributed by atoms with van der Waals surface area (Å²) in [6, 6.07) is 15.5. The molecule has 6 nitrogen and oxygen atoms in total. The number of carbonyl (C=O) groups is 2. The van der Waals surface area contributed by atoms with Crippen molar-refractivity contribution in [2.24, 2.45) is 5.10 Å². The van der Waals surface area contributed by atoms with Crippen molar-refractivity contribution in [3.05, 3.63) is 65.7 Å². The van der Waals surface area contributed by atoms with Crippen molar-refractivity contribution in [2.75, 3.05) is 0 Å². The van der Waals surface area contributed by atoms with Gasteiger partial charge in [0, 0.05) is 5.56 Å². The smallest absolute Gasteiger partial charge is 0.344 e. The van der Waals surface area contributed by atoms with Gasteiger partial charge in [0.25, 0.3) is 5.91 Å². The maximum atomic E-state index is 11.8. The van der Waals surface area contributed by atoms with Gasteiger partial charge in [-0.25, -0.2) is 10.2 Å². The summed E-state index contributed by atoms with van der Waals surface area (Å²) >= 11 is 0. The third-order valence-corrected chi connectivity index (χ3v) is 2.96. The molecule has 0 aromatic heterocycles. The normalized spacial score (nSPS) is 11.9. The van der Waals surface area contributed by atoms with Gasteiger partial charge in [-0.05, 0) is 48.9 Å². The first-order valence-electron chi connectivity index (χ1n) is 6.94. The van der Waals surface area contributed by atoms with Crippen molar-refractivity contribution in [1.82, 2.24) is 5.43 Å². The lowest BCUT2D eigenvalue weighted by atomic mass is 10.2. The highest BCUT2D eigenvalue weighted by atomic mass is 16.5. The molecule has 2 aromatic rings. The monoisotopic (exact) mass is 312 g/mol. The molecule has 0 fully saturated rings. The summed E-state index contributed by atoms with van der Waals surface area (Å²) in [4.78, 5) is 22.5. The van der Waals surface area contributed by atoms with Crippen LogP contribution in [0.15, 0.2) is 59.7 Å². The fourth-order valence-electron chi connectivity index (χ4n) is 1.71. The van der Waals surface area contributed by atoms with Gasteiger partial charge in [0.15, 0.2) is 6.10 Å². The molecular weight excluding hydrogens is 296 g/mol. The van der Waals surface area contributed by atoms with E-state index in [-0.39, 0.29) is 5.91 Å². The molecule has 0 saturated heterocycles. The molecule has 118 valence electrons. The lowest BCUT2D eigenvalue weighted by Gasteiger charge is -2.09. The van der Waals surface area contributed by atoms with Crippen molar-refractivity contribution < 1.29 is 19.4 Å². The highest BCUT2D eigenvalue weighted by Gasteiger charge is 2.11. The number of amides is 1. The Balaban J connectivity index is 1.90. The summed E-state index contributed by atoms with van der Waals surface area (Å²) in [5.41, 5.74) is 3.70. The summed E-state index contributed by atoms with van der Waals surface area (Å²) in [5.74, 6) is -0.873. The molecule has 0 aliphatic heterocycles. The van der Waals surface area contributed by atoms with Crippen LogP contribution in [0.2, 0.25) is 0 Å². The van der Waals surface area contributed by atoms with Gasteiger partial charge >= 0.3 is 5.97 Å². The van der Waals surface area contributed by atoms with Gasteiger partial charge in [-0.1, -0.05) is 18.2 Å². The number of hydrazone groups is 1. The Morgan fingerprint density at radius 1 is 1.13 bits per heavy atom. The van der Waals surface area contributed by atoms with Gasteiger partial charge in [-0.2, -0.15) is 5.10 Å². The molecule has 1 atom stereocenters. The molecule has 0 aliphatic carbocycles. The van der Waals surface area contributed by atoms with Crippen LogP contribution in [0.1, 0.15) is 22.8 Å². The van der Waals surface area contributed by atoms with Crippen molar-refractivity contribution in [3.63, 3.8) is 0 Å². The Labute approximate surface area is 133 Å². The van der Waals surface area contributed by atoms with Crippen LogP contribution >= 0.6 is 0 Å². The van der Waals surface area contributed by atoms with Crippen LogP contribution in [0.5, 0.6) is 5.75 Å². The van der Waals surface area contributed by atoms with Crippen LogP contribution in [-0.4, -0.2) is 29.3 Å². The molecule has 0 heterocycles. The number of hydrogen-bond donors (Lipinski definition) is 2. The van der Waals surface area contributed by atoms with Gasteiger partial charge in [-0.15, -0.1) is 0 Å². The van der Waals surface area contributed by atoms with E-state index < -0.39 is 12.1 Å². The topological polar surface area (TPSA) is 88.0 Å². The SMILES string of the molecule is C[C@@H](Oc1ccc(/C=N\NC(=O)c2ccccc2)cc1)C(=O)O. The Hall–Kier alpha value is -3.15. The van der Waals surface area contributed by atoms with E-state index in [0.29, 0.717) is 11.3 Å². The van der Waals surface area contributed by atoms with Gasteiger partial charge in [0.2, 0.25) is 0 Å². The van der Waals surface area contributed by atoms with Crippen molar-refractivity contribution in [2.45, 2.75) is 13.0 Å². The zero-order valence-electron chi connectivity index (χ0n) is 12.5. The number of aliphatic carboxylic acids is 1. The van der Waals surface area contributed by atoms with Crippen LogP contribution in [0.3, 0.4) is 0 Å². The fraction of sp³-hybridized carbons (Fsp3) is 0.118. The first-order valence-corrected chi connectivity index (χ1v) is 6.94. The summed E-state index contributed by atoms with van der Waals surface area (Å²) in [5, 5.41) is 12.7. The summed E-state index contributed by atoms with van der Waals surface area (Å²) in [7, 11) is 0. The minimum absolute atomic E-state index is 0.294. The number of rotatable bonds is 6. The highest BCUT2D eigenvalue weighted by molar-refractivity contribution is 5.94. The lowest BCUT2D eigenvalue weighted by Crippen LogP contribution is -2.22. The number of hydrogen-bond acceptors (Lipinski definition) is 4. The Morgan fingerprint density at radius 3 is 2.39 bits per heavy atom. The molecule has 6 heteroatoms. The molecule has 0 radical (unpaired) electrons. The third-order valence-electron chi connectivity index (χ3n) is 2.96. The zero-order valence-corrected chi connectivity index (χ0v) is 12.5. The maximum absolute atomic E-state index is 11.8. The predicted molar refractivity (Wildman–Crippen MR) is 85.7 cm³/mol. The third kappa shape index (κ3) is 4.96. The van der Waals surface area contributed by atoms with Crippen LogP contribution in [-0.2, 0) is 4.79 Å². The van der Waals surface area contributed by atoms with E-state index in [2.05, 4.69) is 10.5 Å². The molecule has 23 heavy (non-hydrogen) atoms.